The van der Waals surface area contributed by atoms with E-state index < -0.39 is 0 Å². The fourth-order valence-electron chi connectivity index (χ4n) is 1.88. The zero-order valence-corrected chi connectivity index (χ0v) is 11.8. The normalized spacial score (nSPS) is 21.0. The Morgan fingerprint density at radius 1 is 1.53 bits per heavy atom. The van der Waals surface area contributed by atoms with Crippen LogP contribution < -0.4 is 5.32 Å². The summed E-state index contributed by atoms with van der Waals surface area (Å²) in [6, 6.07) is 0. The second-order valence-electron chi connectivity index (χ2n) is 5.64. The number of ether oxygens (including phenoxy) is 1. The van der Waals surface area contributed by atoms with Crippen molar-refractivity contribution in [2.24, 2.45) is 0 Å². The van der Waals surface area contributed by atoms with Crippen molar-refractivity contribution in [3.8, 4) is 0 Å². The minimum atomic E-state index is 0.156. The predicted molar refractivity (Wildman–Crippen MR) is 71.5 cm³/mol. The summed E-state index contributed by atoms with van der Waals surface area (Å²) in [4.78, 5) is 4.66. The van der Waals surface area contributed by atoms with E-state index >= 15 is 0 Å². The third-order valence-electron chi connectivity index (χ3n) is 2.99. The van der Waals surface area contributed by atoms with Crippen molar-refractivity contribution in [2.75, 3.05) is 13.2 Å². The van der Waals surface area contributed by atoms with E-state index in [9.17, 15) is 0 Å². The van der Waals surface area contributed by atoms with Gasteiger partial charge in [0.05, 0.1) is 11.8 Å². The molecule has 1 aromatic heterocycles. The van der Waals surface area contributed by atoms with E-state index in [1.54, 1.807) is 11.3 Å². The van der Waals surface area contributed by atoms with Gasteiger partial charge in [0.15, 0.2) is 0 Å². The first-order valence-corrected chi connectivity index (χ1v) is 7.21. The Bertz CT molecular complexity index is 351. The number of hydrogen-bond donors (Lipinski definition) is 1. The minimum Gasteiger partial charge on any atom is -0.377 e. The number of rotatable bonds is 4. The minimum absolute atomic E-state index is 0.156. The third kappa shape index (κ3) is 3.76. The van der Waals surface area contributed by atoms with Crippen molar-refractivity contribution in [2.45, 2.75) is 51.7 Å². The van der Waals surface area contributed by atoms with Crippen LogP contribution in [-0.4, -0.2) is 24.2 Å². The van der Waals surface area contributed by atoms with Crippen molar-refractivity contribution in [1.29, 1.82) is 0 Å². The van der Waals surface area contributed by atoms with Crippen LogP contribution in [0.1, 0.15) is 44.3 Å². The van der Waals surface area contributed by atoms with E-state index in [4.69, 9.17) is 4.74 Å². The van der Waals surface area contributed by atoms with Gasteiger partial charge in [0.1, 0.15) is 5.01 Å². The summed E-state index contributed by atoms with van der Waals surface area (Å²) >= 11 is 1.74. The molecule has 0 radical (unpaired) electrons. The molecule has 17 heavy (non-hydrogen) atoms. The van der Waals surface area contributed by atoms with Crippen molar-refractivity contribution in [3.05, 3.63) is 16.1 Å². The molecule has 1 aromatic rings. The van der Waals surface area contributed by atoms with Crippen LogP contribution in [0.25, 0.3) is 0 Å². The Hall–Kier alpha value is -0.450. The first kappa shape index (κ1) is 13.0. The molecule has 0 aromatic carbocycles. The molecule has 4 heteroatoms. The molecule has 1 unspecified atom stereocenters. The van der Waals surface area contributed by atoms with Gasteiger partial charge in [-0.15, -0.1) is 11.3 Å². The van der Waals surface area contributed by atoms with E-state index in [-0.39, 0.29) is 5.41 Å². The molecular weight excluding hydrogens is 232 g/mol. The number of nitrogens with one attached hydrogen (secondary N) is 1. The topological polar surface area (TPSA) is 34.1 Å². The standard InChI is InChI=1S/C13H22N2OS/c1-13(2,3)11-9-17-12(15-11)8-14-7-10-5-4-6-16-10/h9-10,14H,4-8H2,1-3H3. The highest BCUT2D eigenvalue weighted by Crippen LogP contribution is 2.23. The number of nitrogens with zero attached hydrogens (tertiary/aromatic N) is 1. The monoisotopic (exact) mass is 254 g/mol. The van der Waals surface area contributed by atoms with Gasteiger partial charge in [-0.3, -0.25) is 0 Å². The summed E-state index contributed by atoms with van der Waals surface area (Å²) < 4.78 is 5.57. The van der Waals surface area contributed by atoms with Crippen molar-refractivity contribution < 1.29 is 4.74 Å². The van der Waals surface area contributed by atoms with E-state index in [2.05, 4.69) is 36.5 Å². The highest BCUT2D eigenvalue weighted by atomic mass is 32.1. The summed E-state index contributed by atoms with van der Waals surface area (Å²) in [6.45, 7) is 9.34. The maximum atomic E-state index is 5.57. The van der Waals surface area contributed by atoms with E-state index in [0.717, 1.165) is 19.7 Å². The molecule has 0 spiro atoms. The van der Waals surface area contributed by atoms with Gasteiger partial charge in [-0.2, -0.15) is 0 Å². The molecule has 96 valence electrons. The highest BCUT2D eigenvalue weighted by molar-refractivity contribution is 7.09. The lowest BCUT2D eigenvalue weighted by atomic mass is 9.93. The Balaban J connectivity index is 1.77. The zero-order chi connectivity index (χ0) is 12.3. The average Bonchev–Trinajstić information content (AvgIpc) is 2.86. The smallest absolute Gasteiger partial charge is 0.107 e. The van der Waals surface area contributed by atoms with Gasteiger partial charge in [-0.1, -0.05) is 20.8 Å². The van der Waals surface area contributed by atoms with Crippen LogP contribution in [0.2, 0.25) is 0 Å². The van der Waals surface area contributed by atoms with Crippen LogP contribution in [0.4, 0.5) is 0 Å². The summed E-state index contributed by atoms with van der Waals surface area (Å²) in [5.74, 6) is 0. The van der Waals surface area contributed by atoms with Gasteiger partial charge in [0.2, 0.25) is 0 Å². The summed E-state index contributed by atoms with van der Waals surface area (Å²) in [5, 5.41) is 6.78. The number of hydrogen-bond acceptors (Lipinski definition) is 4. The molecule has 0 saturated carbocycles. The fourth-order valence-corrected chi connectivity index (χ4v) is 2.87. The van der Waals surface area contributed by atoms with Crippen LogP contribution in [0.3, 0.4) is 0 Å². The maximum Gasteiger partial charge on any atom is 0.107 e. The maximum absolute atomic E-state index is 5.57. The van der Waals surface area contributed by atoms with Gasteiger partial charge in [-0.05, 0) is 12.8 Å². The summed E-state index contributed by atoms with van der Waals surface area (Å²) in [6.07, 6.45) is 2.81. The molecule has 1 saturated heterocycles. The predicted octanol–water partition coefficient (Wildman–Crippen LogP) is 2.71. The molecule has 1 aliphatic rings. The quantitative estimate of drug-likeness (QED) is 0.897. The first-order valence-electron chi connectivity index (χ1n) is 6.33. The van der Waals surface area contributed by atoms with E-state index in [1.165, 1.54) is 23.5 Å². The van der Waals surface area contributed by atoms with Crippen LogP contribution in [0.5, 0.6) is 0 Å². The Morgan fingerprint density at radius 3 is 2.94 bits per heavy atom. The first-order chi connectivity index (χ1) is 8.05. The molecule has 0 amide bonds. The molecule has 0 bridgehead atoms. The van der Waals surface area contributed by atoms with E-state index in [1.807, 2.05) is 0 Å². The molecule has 1 atom stereocenters. The Morgan fingerprint density at radius 2 is 2.35 bits per heavy atom. The second-order valence-corrected chi connectivity index (χ2v) is 6.59. The third-order valence-corrected chi connectivity index (χ3v) is 3.84. The summed E-state index contributed by atoms with van der Waals surface area (Å²) in [5.41, 5.74) is 1.35. The SMILES string of the molecule is CC(C)(C)c1csc(CNCC2CCCO2)n1. The molecule has 3 nitrogen and oxygen atoms in total. The van der Waals surface area contributed by atoms with Gasteiger partial charge in [-0.25, -0.2) is 4.98 Å². The van der Waals surface area contributed by atoms with Crippen LogP contribution in [0, 0.1) is 0 Å². The molecule has 2 rings (SSSR count). The molecule has 2 heterocycles. The van der Waals surface area contributed by atoms with Gasteiger partial charge in [0.25, 0.3) is 0 Å². The molecule has 1 aliphatic heterocycles. The van der Waals surface area contributed by atoms with E-state index in [0.29, 0.717) is 6.10 Å². The molecule has 1 N–H and O–H groups in total. The molecule has 1 fully saturated rings. The lowest BCUT2D eigenvalue weighted by Crippen LogP contribution is -2.25. The molecular formula is C13H22N2OS. The highest BCUT2D eigenvalue weighted by Gasteiger charge is 2.18. The number of aromatic nitrogens is 1. The molecule has 0 aliphatic carbocycles. The lowest BCUT2D eigenvalue weighted by molar-refractivity contribution is 0.110. The average molecular weight is 254 g/mol. The van der Waals surface area contributed by atoms with Gasteiger partial charge < -0.3 is 10.1 Å². The zero-order valence-electron chi connectivity index (χ0n) is 11.0. The van der Waals surface area contributed by atoms with Crippen molar-refractivity contribution in [3.63, 3.8) is 0 Å². The van der Waals surface area contributed by atoms with Gasteiger partial charge in [0, 0.05) is 30.5 Å². The Kier molecular flexibility index (Phi) is 4.17. The largest absolute Gasteiger partial charge is 0.377 e. The fraction of sp³-hybridized carbons (Fsp3) is 0.769. The van der Waals surface area contributed by atoms with Crippen LogP contribution >= 0.6 is 11.3 Å². The second kappa shape index (κ2) is 5.46. The van der Waals surface area contributed by atoms with Crippen molar-refractivity contribution in [1.82, 2.24) is 10.3 Å². The van der Waals surface area contributed by atoms with Crippen molar-refractivity contribution >= 4 is 11.3 Å². The number of thiazole rings is 1. The lowest BCUT2D eigenvalue weighted by Gasteiger charge is -2.14. The van der Waals surface area contributed by atoms with Crippen LogP contribution in [-0.2, 0) is 16.7 Å². The van der Waals surface area contributed by atoms with Crippen LogP contribution in [0.15, 0.2) is 5.38 Å². The summed E-state index contributed by atoms with van der Waals surface area (Å²) in [7, 11) is 0. The Labute approximate surface area is 108 Å². The van der Waals surface area contributed by atoms with Gasteiger partial charge >= 0.3 is 0 Å².